The van der Waals surface area contributed by atoms with Crippen LogP contribution in [0.3, 0.4) is 0 Å². The van der Waals surface area contributed by atoms with E-state index in [4.69, 9.17) is 9.84 Å². The van der Waals surface area contributed by atoms with Crippen LogP contribution in [0.25, 0.3) is 0 Å². The Morgan fingerprint density at radius 3 is 2.45 bits per heavy atom. The summed E-state index contributed by atoms with van der Waals surface area (Å²) in [7, 11) is -3.67. The second-order valence-corrected chi connectivity index (χ2v) is 6.22. The van der Waals surface area contributed by atoms with Crippen LogP contribution in [0.15, 0.2) is 0 Å². The zero-order valence-electron chi connectivity index (χ0n) is 11.4. The highest BCUT2D eigenvalue weighted by atomic mass is 32.2. The van der Waals surface area contributed by atoms with Crippen LogP contribution in [0.2, 0.25) is 0 Å². The number of rotatable bonds is 7. The summed E-state index contributed by atoms with van der Waals surface area (Å²) < 4.78 is 32.1. The first kappa shape index (κ1) is 16.9. The molecule has 0 aliphatic carbocycles. The molecule has 1 rings (SSSR count). The largest absolute Gasteiger partial charge is 0.481 e. The van der Waals surface area contributed by atoms with Gasteiger partial charge in [-0.1, -0.05) is 0 Å². The van der Waals surface area contributed by atoms with Crippen molar-refractivity contribution in [3.8, 4) is 0 Å². The lowest BCUT2D eigenvalue weighted by Crippen LogP contribution is -2.46. The number of esters is 1. The van der Waals surface area contributed by atoms with Crippen molar-refractivity contribution in [2.75, 3.05) is 26.2 Å². The smallest absolute Gasteiger partial charge is 0.309 e. The number of aliphatic carboxylic acids is 1. The molecule has 0 amide bonds. The van der Waals surface area contributed by atoms with E-state index in [1.54, 1.807) is 6.92 Å². The highest BCUT2D eigenvalue weighted by molar-refractivity contribution is 7.87. The van der Waals surface area contributed by atoms with Crippen LogP contribution in [0.4, 0.5) is 0 Å². The van der Waals surface area contributed by atoms with Gasteiger partial charge in [-0.25, -0.2) is 4.72 Å². The van der Waals surface area contributed by atoms with E-state index in [0.717, 1.165) is 0 Å². The quantitative estimate of drug-likeness (QED) is 0.617. The van der Waals surface area contributed by atoms with E-state index in [2.05, 4.69) is 4.72 Å². The second-order valence-electron chi connectivity index (χ2n) is 4.47. The second kappa shape index (κ2) is 7.55. The van der Waals surface area contributed by atoms with Gasteiger partial charge in [0.15, 0.2) is 0 Å². The molecule has 0 atom stereocenters. The van der Waals surface area contributed by atoms with Gasteiger partial charge < -0.3 is 9.84 Å². The molecule has 1 heterocycles. The first-order chi connectivity index (χ1) is 9.36. The molecule has 0 saturated carbocycles. The molecule has 0 aromatic heterocycles. The summed E-state index contributed by atoms with van der Waals surface area (Å²) in [5.41, 5.74) is 0. The Balaban J connectivity index is 2.43. The van der Waals surface area contributed by atoms with Crippen molar-refractivity contribution in [2.24, 2.45) is 5.92 Å². The molecule has 1 aliphatic rings. The predicted molar refractivity (Wildman–Crippen MR) is 70.1 cm³/mol. The zero-order valence-corrected chi connectivity index (χ0v) is 12.2. The van der Waals surface area contributed by atoms with Gasteiger partial charge in [0, 0.05) is 19.6 Å². The molecule has 0 aromatic carbocycles. The first-order valence-corrected chi connectivity index (χ1v) is 7.94. The first-order valence-electron chi connectivity index (χ1n) is 6.50. The normalized spacial score (nSPS) is 17.9. The minimum absolute atomic E-state index is 0.143. The number of hydrogen-bond acceptors (Lipinski definition) is 5. The number of ether oxygens (including phenoxy) is 1. The monoisotopic (exact) mass is 308 g/mol. The number of piperidine rings is 1. The molecule has 0 aromatic rings. The van der Waals surface area contributed by atoms with Crippen LogP contribution in [0, 0.1) is 5.92 Å². The number of nitrogens with one attached hydrogen (secondary N) is 1. The Morgan fingerprint density at radius 2 is 1.95 bits per heavy atom. The van der Waals surface area contributed by atoms with E-state index in [1.165, 1.54) is 4.31 Å². The summed E-state index contributed by atoms with van der Waals surface area (Å²) in [6, 6.07) is 0. The number of carboxylic acid groups (broad SMARTS) is 1. The molecular weight excluding hydrogens is 288 g/mol. The SMILES string of the molecule is CCOC(=O)C1CCN(S(=O)(=O)NCCC(=O)O)CC1. The summed E-state index contributed by atoms with van der Waals surface area (Å²) in [5, 5.41) is 8.47. The Morgan fingerprint density at radius 1 is 1.35 bits per heavy atom. The maximum atomic E-state index is 11.9. The lowest BCUT2D eigenvalue weighted by atomic mass is 9.98. The van der Waals surface area contributed by atoms with Crippen molar-refractivity contribution in [1.82, 2.24) is 9.03 Å². The van der Waals surface area contributed by atoms with Crippen LogP contribution in [0.1, 0.15) is 26.2 Å². The van der Waals surface area contributed by atoms with Crippen LogP contribution in [-0.2, 0) is 24.5 Å². The fraction of sp³-hybridized carbons (Fsp3) is 0.818. The van der Waals surface area contributed by atoms with Crippen molar-refractivity contribution in [2.45, 2.75) is 26.2 Å². The van der Waals surface area contributed by atoms with Crippen LogP contribution in [-0.4, -0.2) is 56.0 Å². The van der Waals surface area contributed by atoms with Gasteiger partial charge in [-0.3, -0.25) is 9.59 Å². The van der Waals surface area contributed by atoms with Gasteiger partial charge >= 0.3 is 11.9 Å². The molecule has 8 nitrogen and oxygen atoms in total. The topological polar surface area (TPSA) is 113 Å². The summed E-state index contributed by atoms with van der Waals surface area (Å²) in [5.74, 6) is -1.61. The van der Waals surface area contributed by atoms with E-state index in [-0.39, 0.29) is 37.9 Å². The standard InChI is InChI=1S/C11H20N2O6S/c1-2-19-11(16)9-4-7-13(8-5-9)20(17,18)12-6-3-10(14)15/h9,12H,2-8H2,1H3,(H,14,15). The highest BCUT2D eigenvalue weighted by Gasteiger charge is 2.31. The Hall–Kier alpha value is -1.19. The molecule has 0 bridgehead atoms. The van der Waals surface area contributed by atoms with Gasteiger partial charge in [-0.2, -0.15) is 12.7 Å². The van der Waals surface area contributed by atoms with E-state index >= 15 is 0 Å². The Bertz CT molecular complexity index is 442. The fourth-order valence-corrected chi connectivity index (χ4v) is 3.20. The minimum Gasteiger partial charge on any atom is -0.481 e. The van der Waals surface area contributed by atoms with Gasteiger partial charge in [0.25, 0.3) is 10.2 Å². The predicted octanol–water partition coefficient (Wildman–Crippen LogP) is -0.429. The zero-order chi connectivity index (χ0) is 15.2. The third-order valence-electron chi connectivity index (χ3n) is 3.04. The summed E-state index contributed by atoms with van der Waals surface area (Å²) >= 11 is 0. The van der Waals surface area contributed by atoms with Gasteiger partial charge in [0.05, 0.1) is 18.9 Å². The number of nitrogens with zero attached hydrogens (tertiary/aromatic N) is 1. The molecule has 2 N–H and O–H groups in total. The summed E-state index contributed by atoms with van der Waals surface area (Å²) in [6.07, 6.45) is 0.565. The van der Waals surface area contributed by atoms with Gasteiger partial charge in [-0.05, 0) is 19.8 Å². The molecular formula is C11H20N2O6S. The van der Waals surface area contributed by atoms with E-state index in [1.807, 2.05) is 0 Å². The molecule has 0 radical (unpaired) electrons. The number of carbonyl (C=O) groups excluding carboxylic acids is 1. The van der Waals surface area contributed by atoms with Crippen molar-refractivity contribution in [1.29, 1.82) is 0 Å². The molecule has 0 spiro atoms. The Kier molecular flexibility index (Phi) is 6.37. The van der Waals surface area contributed by atoms with Crippen LogP contribution < -0.4 is 4.72 Å². The van der Waals surface area contributed by atoms with E-state index < -0.39 is 16.2 Å². The third kappa shape index (κ3) is 5.06. The van der Waals surface area contributed by atoms with E-state index in [9.17, 15) is 18.0 Å². The summed E-state index contributed by atoms with van der Waals surface area (Å²) in [4.78, 5) is 21.9. The number of carboxylic acids is 1. The Labute approximate surface area is 118 Å². The molecule has 1 aliphatic heterocycles. The average Bonchev–Trinajstić information content (AvgIpc) is 2.38. The lowest BCUT2D eigenvalue weighted by molar-refractivity contribution is -0.149. The lowest BCUT2D eigenvalue weighted by Gasteiger charge is -2.29. The average molecular weight is 308 g/mol. The van der Waals surface area contributed by atoms with Crippen molar-refractivity contribution < 1.29 is 27.9 Å². The van der Waals surface area contributed by atoms with Crippen molar-refractivity contribution in [3.63, 3.8) is 0 Å². The van der Waals surface area contributed by atoms with Crippen molar-refractivity contribution >= 4 is 22.1 Å². The third-order valence-corrected chi connectivity index (χ3v) is 4.65. The molecule has 0 unspecified atom stereocenters. The van der Waals surface area contributed by atoms with Gasteiger partial charge in [-0.15, -0.1) is 0 Å². The van der Waals surface area contributed by atoms with Crippen LogP contribution >= 0.6 is 0 Å². The van der Waals surface area contributed by atoms with Gasteiger partial charge in [0.1, 0.15) is 0 Å². The molecule has 116 valence electrons. The maximum absolute atomic E-state index is 11.9. The van der Waals surface area contributed by atoms with E-state index in [0.29, 0.717) is 19.4 Å². The fourth-order valence-electron chi connectivity index (χ4n) is 1.97. The molecule has 1 fully saturated rings. The van der Waals surface area contributed by atoms with Gasteiger partial charge in [0.2, 0.25) is 0 Å². The van der Waals surface area contributed by atoms with Crippen molar-refractivity contribution in [3.05, 3.63) is 0 Å². The molecule has 1 saturated heterocycles. The van der Waals surface area contributed by atoms with Crippen LogP contribution in [0.5, 0.6) is 0 Å². The molecule has 20 heavy (non-hydrogen) atoms. The maximum Gasteiger partial charge on any atom is 0.309 e. The highest BCUT2D eigenvalue weighted by Crippen LogP contribution is 2.20. The number of hydrogen-bond donors (Lipinski definition) is 2. The molecule has 9 heteroatoms. The number of carbonyl (C=O) groups is 2. The minimum atomic E-state index is -3.67. The summed E-state index contributed by atoms with van der Waals surface area (Å²) in [6.45, 7) is 2.35.